The Balaban J connectivity index is 2.08. The number of pyridine rings is 1. The number of nitrogens with zero attached hydrogens (tertiary/aromatic N) is 4. The Kier molecular flexibility index (Phi) is 5.05. The van der Waals surface area contributed by atoms with E-state index in [-0.39, 0.29) is 0 Å². The third-order valence-electron chi connectivity index (χ3n) is 3.52. The molecular weight excluding hydrogens is 306 g/mol. The molecule has 0 fully saturated rings. The van der Waals surface area contributed by atoms with Crippen LogP contribution in [0, 0.1) is 0 Å². The zero-order valence-corrected chi connectivity index (χ0v) is 13.8. The molecule has 0 saturated heterocycles. The summed E-state index contributed by atoms with van der Waals surface area (Å²) in [6.45, 7) is 2.76. The van der Waals surface area contributed by atoms with Crippen LogP contribution in [0.4, 0.5) is 0 Å². The first kappa shape index (κ1) is 15.7. The second kappa shape index (κ2) is 7.39. The summed E-state index contributed by atoms with van der Waals surface area (Å²) in [6.07, 6.45) is 4.55. The van der Waals surface area contributed by atoms with Crippen molar-refractivity contribution in [2.45, 2.75) is 18.5 Å². The summed E-state index contributed by atoms with van der Waals surface area (Å²) < 4.78 is 2.08. The van der Waals surface area contributed by atoms with E-state index >= 15 is 0 Å². The van der Waals surface area contributed by atoms with E-state index in [1.54, 1.807) is 24.2 Å². The number of hydrogen-bond donors (Lipinski definition) is 1. The highest BCUT2D eigenvalue weighted by Crippen LogP contribution is 2.27. The SMILES string of the molecule is CCc1ccc(-n2c(SCCN)nnc2-c2ccncc2)cc1. The average molecular weight is 325 g/mol. The number of thioether (sulfide) groups is 1. The number of aryl methyl sites for hydroxylation is 1. The first-order valence-electron chi connectivity index (χ1n) is 7.61. The Labute approximate surface area is 140 Å². The first-order valence-corrected chi connectivity index (χ1v) is 8.60. The van der Waals surface area contributed by atoms with Crippen molar-refractivity contribution in [1.82, 2.24) is 19.7 Å². The molecule has 0 bridgehead atoms. The molecule has 0 aliphatic rings. The topological polar surface area (TPSA) is 69.6 Å². The van der Waals surface area contributed by atoms with E-state index in [1.807, 2.05) is 12.1 Å². The largest absolute Gasteiger partial charge is 0.330 e. The number of aromatic nitrogens is 4. The van der Waals surface area contributed by atoms with E-state index in [0.717, 1.165) is 34.4 Å². The summed E-state index contributed by atoms with van der Waals surface area (Å²) in [7, 11) is 0. The van der Waals surface area contributed by atoms with Gasteiger partial charge in [0.25, 0.3) is 0 Å². The van der Waals surface area contributed by atoms with E-state index in [4.69, 9.17) is 5.73 Å². The van der Waals surface area contributed by atoms with Gasteiger partial charge in [0.05, 0.1) is 0 Å². The van der Waals surface area contributed by atoms with Crippen LogP contribution >= 0.6 is 11.8 Å². The summed E-state index contributed by atoms with van der Waals surface area (Å²) >= 11 is 1.62. The molecule has 0 amide bonds. The van der Waals surface area contributed by atoms with Gasteiger partial charge >= 0.3 is 0 Å². The molecule has 0 radical (unpaired) electrons. The number of rotatable bonds is 6. The van der Waals surface area contributed by atoms with Crippen LogP contribution in [0.5, 0.6) is 0 Å². The third-order valence-corrected chi connectivity index (χ3v) is 4.49. The molecule has 2 aromatic heterocycles. The van der Waals surface area contributed by atoms with Gasteiger partial charge < -0.3 is 5.73 Å². The number of nitrogens with two attached hydrogens (primary N) is 1. The predicted molar refractivity (Wildman–Crippen MR) is 93.7 cm³/mol. The molecule has 5 nitrogen and oxygen atoms in total. The van der Waals surface area contributed by atoms with Crippen LogP contribution in [0.1, 0.15) is 12.5 Å². The highest BCUT2D eigenvalue weighted by Gasteiger charge is 2.15. The standard InChI is InChI=1S/C17H19N5S/c1-2-13-3-5-15(6-4-13)22-16(14-7-10-19-11-8-14)20-21-17(22)23-12-9-18/h3-8,10-11H,2,9,12,18H2,1H3. The lowest BCUT2D eigenvalue weighted by Crippen LogP contribution is -2.04. The zero-order valence-electron chi connectivity index (χ0n) is 13.0. The summed E-state index contributed by atoms with van der Waals surface area (Å²) in [5, 5.41) is 9.58. The number of benzene rings is 1. The second-order valence-electron chi connectivity index (χ2n) is 5.03. The van der Waals surface area contributed by atoms with Crippen molar-refractivity contribution >= 4 is 11.8 Å². The Morgan fingerprint density at radius 2 is 1.78 bits per heavy atom. The minimum Gasteiger partial charge on any atom is -0.330 e. The van der Waals surface area contributed by atoms with Gasteiger partial charge in [0.2, 0.25) is 0 Å². The van der Waals surface area contributed by atoms with Crippen LogP contribution in [0.2, 0.25) is 0 Å². The van der Waals surface area contributed by atoms with Gasteiger partial charge in [0.15, 0.2) is 11.0 Å². The highest BCUT2D eigenvalue weighted by molar-refractivity contribution is 7.99. The lowest BCUT2D eigenvalue weighted by Gasteiger charge is -2.10. The maximum Gasteiger partial charge on any atom is 0.196 e. The fourth-order valence-electron chi connectivity index (χ4n) is 2.32. The van der Waals surface area contributed by atoms with Crippen LogP contribution in [0.3, 0.4) is 0 Å². The molecule has 118 valence electrons. The number of hydrogen-bond acceptors (Lipinski definition) is 5. The minimum absolute atomic E-state index is 0.608. The van der Waals surface area contributed by atoms with E-state index in [9.17, 15) is 0 Å². The monoisotopic (exact) mass is 325 g/mol. The van der Waals surface area contributed by atoms with Crippen LogP contribution < -0.4 is 5.73 Å². The van der Waals surface area contributed by atoms with E-state index < -0.39 is 0 Å². The molecule has 23 heavy (non-hydrogen) atoms. The Hall–Kier alpha value is -2.18. The van der Waals surface area contributed by atoms with Crippen molar-refractivity contribution in [3.63, 3.8) is 0 Å². The smallest absolute Gasteiger partial charge is 0.196 e. The van der Waals surface area contributed by atoms with E-state index in [0.29, 0.717) is 6.54 Å². The predicted octanol–water partition coefficient (Wildman–Crippen LogP) is 2.94. The second-order valence-corrected chi connectivity index (χ2v) is 6.10. The highest BCUT2D eigenvalue weighted by atomic mass is 32.2. The first-order chi connectivity index (χ1) is 11.3. The zero-order chi connectivity index (χ0) is 16.1. The summed E-state index contributed by atoms with van der Waals surface area (Å²) in [5.74, 6) is 1.62. The molecule has 0 aliphatic carbocycles. The van der Waals surface area contributed by atoms with Gasteiger partial charge in [-0.2, -0.15) is 0 Å². The fraction of sp³-hybridized carbons (Fsp3) is 0.235. The molecule has 2 N–H and O–H groups in total. The van der Waals surface area contributed by atoms with Crippen molar-refractivity contribution in [3.05, 3.63) is 54.4 Å². The van der Waals surface area contributed by atoms with Crippen LogP contribution in [-0.4, -0.2) is 32.0 Å². The van der Waals surface area contributed by atoms with Crippen molar-refractivity contribution < 1.29 is 0 Å². The van der Waals surface area contributed by atoms with Gasteiger partial charge in [0.1, 0.15) is 0 Å². The summed E-state index contributed by atoms with van der Waals surface area (Å²) in [4.78, 5) is 4.07. The molecular formula is C17H19N5S. The molecule has 0 saturated carbocycles. The molecule has 0 aliphatic heterocycles. The molecule has 3 rings (SSSR count). The van der Waals surface area contributed by atoms with Gasteiger partial charge in [-0.25, -0.2) is 0 Å². The van der Waals surface area contributed by atoms with Crippen molar-refractivity contribution in [1.29, 1.82) is 0 Å². The van der Waals surface area contributed by atoms with Crippen LogP contribution in [0.25, 0.3) is 17.1 Å². The minimum atomic E-state index is 0.608. The quantitative estimate of drug-likeness (QED) is 0.706. The van der Waals surface area contributed by atoms with Crippen LogP contribution in [0.15, 0.2) is 53.9 Å². The lowest BCUT2D eigenvalue weighted by atomic mass is 10.1. The van der Waals surface area contributed by atoms with Crippen molar-refractivity contribution in [2.24, 2.45) is 5.73 Å². The van der Waals surface area contributed by atoms with Crippen molar-refractivity contribution in [2.75, 3.05) is 12.3 Å². The van der Waals surface area contributed by atoms with Gasteiger partial charge in [0, 0.05) is 35.9 Å². The Bertz CT molecular complexity index is 752. The molecule has 0 spiro atoms. The third kappa shape index (κ3) is 3.43. The van der Waals surface area contributed by atoms with Gasteiger partial charge in [-0.05, 0) is 36.2 Å². The molecule has 6 heteroatoms. The normalized spacial score (nSPS) is 10.9. The fourth-order valence-corrected chi connectivity index (χ4v) is 3.04. The maximum atomic E-state index is 5.63. The van der Waals surface area contributed by atoms with Crippen molar-refractivity contribution in [3.8, 4) is 17.1 Å². The maximum absolute atomic E-state index is 5.63. The molecule has 2 heterocycles. The van der Waals surface area contributed by atoms with E-state index in [2.05, 4.69) is 50.9 Å². The molecule has 3 aromatic rings. The van der Waals surface area contributed by atoms with Crippen LogP contribution in [-0.2, 0) is 6.42 Å². The lowest BCUT2D eigenvalue weighted by molar-refractivity contribution is 0.884. The summed E-state index contributed by atoms with van der Waals surface area (Å²) in [5.41, 5.74) is 8.99. The van der Waals surface area contributed by atoms with Gasteiger partial charge in [-0.1, -0.05) is 30.8 Å². The Morgan fingerprint density at radius 3 is 2.43 bits per heavy atom. The van der Waals surface area contributed by atoms with E-state index in [1.165, 1.54) is 5.56 Å². The molecule has 0 unspecified atom stereocenters. The molecule has 1 aromatic carbocycles. The average Bonchev–Trinajstić information content (AvgIpc) is 3.04. The van der Waals surface area contributed by atoms with Gasteiger partial charge in [-0.3, -0.25) is 9.55 Å². The molecule has 0 atom stereocenters. The van der Waals surface area contributed by atoms with Gasteiger partial charge in [-0.15, -0.1) is 10.2 Å². The summed E-state index contributed by atoms with van der Waals surface area (Å²) in [6, 6.07) is 12.4. The Morgan fingerprint density at radius 1 is 1.04 bits per heavy atom.